The maximum atomic E-state index is 12.0. The van der Waals surface area contributed by atoms with E-state index in [9.17, 15) is 9.18 Å². The Balaban J connectivity index is 3.07. The highest BCUT2D eigenvalue weighted by molar-refractivity contribution is 6.30. The summed E-state index contributed by atoms with van der Waals surface area (Å²) in [4.78, 5) is 11.4. The lowest BCUT2D eigenvalue weighted by atomic mass is 10.1. The molecule has 1 rings (SSSR count). The van der Waals surface area contributed by atoms with Crippen LogP contribution in [0, 0.1) is 0 Å². The molecule has 0 fully saturated rings. The highest BCUT2D eigenvalue weighted by Crippen LogP contribution is 2.24. The van der Waals surface area contributed by atoms with Crippen LogP contribution >= 0.6 is 11.6 Å². The van der Waals surface area contributed by atoms with Crippen LogP contribution in [0.25, 0.3) is 0 Å². The Morgan fingerprint density at radius 3 is 2.86 bits per heavy atom. The van der Waals surface area contributed by atoms with Gasteiger partial charge in [0.2, 0.25) is 6.86 Å². The minimum absolute atomic E-state index is 0.0925. The van der Waals surface area contributed by atoms with Crippen LogP contribution in [0.15, 0.2) is 18.2 Å². The smallest absolute Gasteiger partial charge is 0.228 e. The fourth-order valence-electron chi connectivity index (χ4n) is 1.10. The Morgan fingerprint density at radius 2 is 2.29 bits per heavy atom. The Labute approximate surface area is 86.6 Å². The third kappa shape index (κ3) is 2.45. The maximum absolute atomic E-state index is 12.0. The van der Waals surface area contributed by atoms with Crippen LogP contribution < -0.4 is 4.74 Å². The van der Waals surface area contributed by atoms with Crippen molar-refractivity contribution in [3.05, 3.63) is 28.8 Å². The fourth-order valence-corrected chi connectivity index (χ4v) is 1.26. The van der Waals surface area contributed by atoms with Crippen molar-refractivity contribution in [3.63, 3.8) is 0 Å². The van der Waals surface area contributed by atoms with Crippen LogP contribution in [0.3, 0.4) is 0 Å². The first-order valence-corrected chi connectivity index (χ1v) is 4.58. The van der Waals surface area contributed by atoms with Crippen molar-refractivity contribution < 1.29 is 13.9 Å². The standard InChI is InChI=1S/C10H10ClFO2/c1-2-9(13)8-4-3-7(11)5-10(8)14-6-12/h3-5H,2,6H2,1H3. The van der Waals surface area contributed by atoms with Crippen LogP contribution in [-0.4, -0.2) is 12.6 Å². The summed E-state index contributed by atoms with van der Waals surface area (Å²) in [5, 5.41) is 0.418. The molecule has 2 nitrogen and oxygen atoms in total. The Hall–Kier alpha value is -1.09. The van der Waals surface area contributed by atoms with Gasteiger partial charge in [0.25, 0.3) is 0 Å². The summed E-state index contributed by atoms with van der Waals surface area (Å²) in [7, 11) is 0. The number of carbonyl (C=O) groups excluding carboxylic acids is 1. The second kappa shape index (κ2) is 4.96. The van der Waals surface area contributed by atoms with Crippen molar-refractivity contribution in [3.8, 4) is 5.75 Å². The molecule has 0 saturated carbocycles. The molecule has 14 heavy (non-hydrogen) atoms. The van der Waals surface area contributed by atoms with Gasteiger partial charge < -0.3 is 4.74 Å². The molecule has 0 saturated heterocycles. The van der Waals surface area contributed by atoms with Gasteiger partial charge in [-0.2, -0.15) is 0 Å². The maximum Gasteiger partial charge on any atom is 0.228 e. The van der Waals surface area contributed by atoms with Gasteiger partial charge in [0.15, 0.2) is 5.78 Å². The number of ether oxygens (including phenoxy) is 1. The average molecular weight is 217 g/mol. The molecule has 0 spiro atoms. The predicted octanol–water partition coefficient (Wildman–Crippen LogP) is 3.24. The van der Waals surface area contributed by atoms with Gasteiger partial charge in [0.05, 0.1) is 5.56 Å². The highest BCUT2D eigenvalue weighted by atomic mass is 35.5. The molecule has 0 aromatic heterocycles. The molecule has 76 valence electrons. The quantitative estimate of drug-likeness (QED) is 0.723. The normalized spacial score (nSPS) is 9.93. The van der Waals surface area contributed by atoms with Gasteiger partial charge in [-0.25, -0.2) is 4.39 Å². The molecular weight excluding hydrogens is 207 g/mol. The summed E-state index contributed by atoms with van der Waals surface area (Å²) in [5.74, 6) is 0.108. The minimum Gasteiger partial charge on any atom is -0.462 e. The zero-order valence-corrected chi connectivity index (χ0v) is 8.47. The SMILES string of the molecule is CCC(=O)c1ccc(Cl)cc1OCF. The molecule has 0 heterocycles. The topological polar surface area (TPSA) is 26.3 Å². The zero-order valence-electron chi connectivity index (χ0n) is 7.72. The monoisotopic (exact) mass is 216 g/mol. The van der Waals surface area contributed by atoms with E-state index in [4.69, 9.17) is 11.6 Å². The molecule has 0 aliphatic rings. The number of carbonyl (C=O) groups is 1. The van der Waals surface area contributed by atoms with Crippen molar-refractivity contribution in [2.24, 2.45) is 0 Å². The molecule has 0 aliphatic carbocycles. The minimum atomic E-state index is -0.968. The summed E-state index contributed by atoms with van der Waals surface area (Å²) < 4.78 is 16.7. The summed E-state index contributed by atoms with van der Waals surface area (Å²) in [5.41, 5.74) is 0.370. The summed E-state index contributed by atoms with van der Waals surface area (Å²) in [6, 6.07) is 4.55. The van der Waals surface area contributed by atoms with E-state index in [1.165, 1.54) is 6.07 Å². The number of alkyl halides is 1. The lowest BCUT2D eigenvalue weighted by Gasteiger charge is -2.07. The van der Waals surface area contributed by atoms with Crippen molar-refractivity contribution in [2.45, 2.75) is 13.3 Å². The van der Waals surface area contributed by atoms with Gasteiger partial charge in [-0.3, -0.25) is 4.79 Å². The van der Waals surface area contributed by atoms with E-state index in [-0.39, 0.29) is 11.5 Å². The number of Topliss-reactive ketones (excluding diaryl/α,β-unsaturated/α-hetero) is 1. The van der Waals surface area contributed by atoms with Crippen molar-refractivity contribution in [2.75, 3.05) is 6.86 Å². The lowest BCUT2D eigenvalue weighted by Crippen LogP contribution is -2.02. The second-order valence-electron chi connectivity index (χ2n) is 2.67. The van der Waals surface area contributed by atoms with E-state index >= 15 is 0 Å². The van der Waals surface area contributed by atoms with Crippen LogP contribution in [0.4, 0.5) is 4.39 Å². The first kappa shape index (κ1) is 11.0. The van der Waals surface area contributed by atoms with Crippen LogP contribution in [0.5, 0.6) is 5.75 Å². The first-order valence-electron chi connectivity index (χ1n) is 4.20. The van der Waals surface area contributed by atoms with E-state index in [1.54, 1.807) is 19.1 Å². The van der Waals surface area contributed by atoms with Crippen molar-refractivity contribution >= 4 is 17.4 Å². The highest BCUT2D eigenvalue weighted by Gasteiger charge is 2.11. The molecule has 0 atom stereocenters. The number of benzene rings is 1. The Bertz CT molecular complexity index is 339. The fraction of sp³-hybridized carbons (Fsp3) is 0.300. The largest absolute Gasteiger partial charge is 0.462 e. The molecule has 0 amide bonds. The number of rotatable bonds is 4. The predicted molar refractivity (Wildman–Crippen MR) is 52.7 cm³/mol. The van der Waals surface area contributed by atoms with Gasteiger partial charge in [-0.15, -0.1) is 0 Å². The number of hydrogen-bond acceptors (Lipinski definition) is 2. The third-order valence-electron chi connectivity index (χ3n) is 1.78. The van der Waals surface area contributed by atoms with Crippen LogP contribution in [0.2, 0.25) is 5.02 Å². The summed E-state index contributed by atoms with van der Waals surface area (Å²) in [6.07, 6.45) is 0.351. The molecule has 0 unspecified atom stereocenters. The number of ketones is 1. The molecule has 0 radical (unpaired) electrons. The van der Waals surface area contributed by atoms with E-state index < -0.39 is 6.86 Å². The van der Waals surface area contributed by atoms with Crippen molar-refractivity contribution in [1.82, 2.24) is 0 Å². The number of hydrogen-bond donors (Lipinski definition) is 0. The molecule has 0 bridgehead atoms. The zero-order chi connectivity index (χ0) is 10.6. The average Bonchev–Trinajstić information content (AvgIpc) is 2.17. The third-order valence-corrected chi connectivity index (χ3v) is 2.01. The first-order chi connectivity index (χ1) is 6.69. The summed E-state index contributed by atoms with van der Waals surface area (Å²) >= 11 is 5.69. The Morgan fingerprint density at radius 1 is 1.57 bits per heavy atom. The molecule has 0 aliphatic heterocycles. The number of halogens is 2. The molecule has 4 heteroatoms. The van der Waals surface area contributed by atoms with Crippen molar-refractivity contribution in [1.29, 1.82) is 0 Å². The molecular formula is C10H10ClFO2. The van der Waals surface area contributed by atoms with E-state index in [1.807, 2.05) is 0 Å². The Kier molecular flexibility index (Phi) is 3.89. The van der Waals surface area contributed by atoms with Gasteiger partial charge >= 0.3 is 0 Å². The van der Waals surface area contributed by atoms with E-state index in [2.05, 4.69) is 4.74 Å². The van der Waals surface area contributed by atoms with E-state index in [0.717, 1.165) is 0 Å². The van der Waals surface area contributed by atoms with Gasteiger partial charge in [-0.1, -0.05) is 18.5 Å². The van der Waals surface area contributed by atoms with Gasteiger partial charge in [0.1, 0.15) is 5.75 Å². The molecule has 1 aromatic rings. The molecule has 1 aromatic carbocycles. The van der Waals surface area contributed by atoms with Gasteiger partial charge in [-0.05, 0) is 18.2 Å². The van der Waals surface area contributed by atoms with Crippen LogP contribution in [0.1, 0.15) is 23.7 Å². The molecule has 0 N–H and O–H groups in total. The van der Waals surface area contributed by atoms with E-state index in [0.29, 0.717) is 17.0 Å². The van der Waals surface area contributed by atoms with Crippen LogP contribution in [-0.2, 0) is 0 Å². The second-order valence-corrected chi connectivity index (χ2v) is 3.11. The lowest BCUT2D eigenvalue weighted by molar-refractivity contribution is 0.0981. The van der Waals surface area contributed by atoms with Gasteiger partial charge in [0, 0.05) is 11.4 Å². The summed E-state index contributed by atoms with van der Waals surface area (Å²) in [6.45, 7) is 0.764.